The van der Waals surface area contributed by atoms with E-state index in [1.165, 1.54) is 0 Å². The molecular formula is C8H17NO2. The van der Waals surface area contributed by atoms with Crippen LogP contribution in [0.5, 0.6) is 0 Å². The van der Waals surface area contributed by atoms with Crippen LogP contribution in [0, 0.1) is 5.92 Å². The molecule has 3 nitrogen and oxygen atoms in total. The van der Waals surface area contributed by atoms with Gasteiger partial charge in [0, 0.05) is 6.54 Å². The fourth-order valence-electron chi connectivity index (χ4n) is 0.794. The Hall–Kier alpha value is -0.570. The van der Waals surface area contributed by atoms with Crippen LogP contribution in [0.2, 0.25) is 0 Å². The van der Waals surface area contributed by atoms with Crippen LogP contribution < -0.4 is 5.32 Å². The van der Waals surface area contributed by atoms with Crippen LogP contribution in [-0.2, 0) is 4.79 Å². The van der Waals surface area contributed by atoms with E-state index in [0.717, 1.165) is 12.8 Å². The zero-order valence-electron chi connectivity index (χ0n) is 7.26. The van der Waals surface area contributed by atoms with E-state index in [1.807, 2.05) is 0 Å². The topological polar surface area (TPSA) is 49.3 Å². The summed E-state index contributed by atoms with van der Waals surface area (Å²) in [5.74, 6) is 0.398. The Morgan fingerprint density at radius 1 is 1.55 bits per heavy atom. The Bertz CT molecular complexity index is 113. The van der Waals surface area contributed by atoms with Gasteiger partial charge in [-0.25, -0.2) is 0 Å². The van der Waals surface area contributed by atoms with E-state index in [0.29, 0.717) is 12.5 Å². The van der Waals surface area contributed by atoms with Gasteiger partial charge in [0.05, 0.1) is 0 Å². The molecule has 0 saturated carbocycles. The average molecular weight is 159 g/mol. The molecule has 0 fully saturated rings. The van der Waals surface area contributed by atoms with Crippen LogP contribution in [0.1, 0.15) is 26.7 Å². The molecule has 0 aromatic rings. The van der Waals surface area contributed by atoms with E-state index in [-0.39, 0.29) is 5.91 Å². The van der Waals surface area contributed by atoms with Crippen molar-refractivity contribution in [3.63, 3.8) is 0 Å². The summed E-state index contributed by atoms with van der Waals surface area (Å²) in [4.78, 5) is 10.5. The maximum Gasteiger partial charge on any atom is 0.245 e. The Kier molecular flexibility index (Phi) is 5.84. The number of hydrogen-bond donors (Lipinski definition) is 2. The van der Waals surface area contributed by atoms with Crippen molar-refractivity contribution in [1.82, 2.24) is 5.32 Å². The van der Waals surface area contributed by atoms with Crippen molar-refractivity contribution in [2.24, 2.45) is 5.92 Å². The first-order valence-electron chi connectivity index (χ1n) is 4.04. The van der Waals surface area contributed by atoms with Gasteiger partial charge >= 0.3 is 0 Å². The minimum Gasteiger partial charge on any atom is -0.387 e. The van der Waals surface area contributed by atoms with Gasteiger partial charge in [-0.1, -0.05) is 13.8 Å². The molecule has 0 aliphatic carbocycles. The summed E-state index contributed by atoms with van der Waals surface area (Å²) in [7, 11) is 0. The van der Waals surface area contributed by atoms with Crippen molar-refractivity contribution in [2.45, 2.75) is 26.7 Å². The molecule has 0 heterocycles. The molecule has 0 bridgehead atoms. The fourth-order valence-corrected chi connectivity index (χ4v) is 0.794. The molecule has 3 heteroatoms. The average Bonchev–Trinajstić information content (AvgIpc) is 1.97. The first kappa shape index (κ1) is 10.4. The maximum absolute atomic E-state index is 10.5. The highest BCUT2D eigenvalue weighted by Crippen LogP contribution is 2.01. The van der Waals surface area contributed by atoms with E-state index >= 15 is 0 Å². The second-order valence-corrected chi connectivity index (χ2v) is 3.04. The molecular weight excluding hydrogens is 142 g/mol. The van der Waals surface area contributed by atoms with Gasteiger partial charge in [0.1, 0.15) is 6.61 Å². The Morgan fingerprint density at radius 3 is 2.64 bits per heavy atom. The Labute approximate surface area is 67.8 Å². The van der Waals surface area contributed by atoms with E-state index in [1.54, 1.807) is 0 Å². The van der Waals surface area contributed by atoms with Crippen LogP contribution in [0.25, 0.3) is 0 Å². The van der Waals surface area contributed by atoms with Crippen LogP contribution >= 0.6 is 0 Å². The van der Waals surface area contributed by atoms with Gasteiger partial charge in [-0.2, -0.15) is 0 Å². The van der Waals surface area contributed by atoms with Gasteiger partial charge in [0.15, 0.2) is 0 Å². The number of carbonyl (C=O) groups is 1. The smallest absolute Gasteiger partial charge is 0.245 e. The first-order valence-corrected chi connectivity index (χ1v) is 4.04. The van der Waals surface area contributed by atoms with Crippen LogP contribution in [0.3, 0.4) is 0 Å². The third kappa shape index (κ3) is 7.33. The molecule has 0 radical (unpaired) electrons. The number of carbonyl (C=O) groups excluding carboxylic acids is 1. The first-order chi connectivity index (χ1) is 5.16. The summed E-state index contributed by atoms with van der Waals surface area (Å²) >= 11 is 0. The number of amides is 1. The summed E-state index contributed by atoms with van der Waals surface area (Å²) in [6.45, 7) is 4.57. The van der Waals surface area contributed by atoms with Crippen molar-refractivity contribution >= 4 is 5.91 Å². The summed E-state index contributed by atoms with van der Waals surface area (Å²) in [6.07, 6.45) is 2.11. The Balaban J connectivity index is 3.08. The van der Waals surface area contributed by atoms with Gasteiger partial charge in [-0.05, 0) is 18.8 Å². The molecule has 0 unspecified atom stereocenters. The second kappa shape index (κ2) is 6.16. The molecule has 1 amide bonds. The monoisotopic (exact) mass is 159 g/mol. The molecule has 0 rings (SSSR count). The third-order valence-corrected chi connectivity index (χ3v) is 1.42. The lowest BCUT2D eigenvalue weighted by atomic mass is 10.1. The molecule has 2 N–H and O–H groups in total. The standard InChI is InChI=1S/C8H17NO2/c1-7(2)4-3-5-9-8(11)6-10/h7,10H,3-6H2,1-2H3,(H,9,11). The number of rotatable bonds is 5. The molecule has 0 aromatic heterocycles. The van der Waals surface area contributed by atoms with Gasteiger partial charge in [-0.15, -0.1) is 0 Å². The van der Waals surface area contributed by atoms with Gasteiger partial charge in [0.25, 0.3) is 0 Å². The number of nitrogens with one attached hydrogen (secondary N) is 1. The second-order valence-electron chi connectivity index (χ2n) is 3.04. The van der Waals surface area contributed by atoms with Gasteiger partial charge in [0.2, 0.25) is 5.91 Å². The number of aliphatic hydroxyl groups excluding tert-OH is 1. The zero-order chi connectivity index (χ0) is 8.69. The molecule has 0 saturated heterocycles. The van der Waals surface area contributed by atoms with Gasteiger partial charge < -0.3 is 10.4 Å². The van der Waals surface area contributed by atoms with E-state index in [2.05, 4.69) is 19.2 Å². The SMILES string of the molecule is CC(C)CCCNC(=O)CO. The minimum absolute atomic E-state index is 0.284. The highest BCUT2D eigenvalue weighted by atomic mass is 16.3. The molecule has 0 aliphatic rings. The highest BCUT2D eigenvalue weighted by Gasteiger charge is 1.97. The van der Waals surface area contributed by atoms with Crippen molar-refractivity contribution in [2.75, 3.05) is 13.2 Å². The number of hydrogen-bond acceptors (Lipinski definition) is 2. The summed E-state index contributed by atoms with van der Waals surface area (Å²) in [5, 5.41) is 10.9. The van der Waals surface area contributed by atoms with E-state index < -0.39 is 6.61 Å². The zero-order valence-corrected chi connectivity index (χ0v) is 7.26. The summed E-state index contributed by atoms with van der Waals surface area (Å²) in [5.41, 5.74) is 0. The maximum atomic E-state index is 10.5. The van der Waals surface area contributed by atoms with E-state index in [4.69, 9.17) is 5.11 Å². The normalized spacial score (nSPS) is 10.2. The van der Waals surface area contributed by atoms with Crippen molar-refractivity contribution in [1.29, 1.82) is 0 Å². The van der Waals surface area contributed by atoms with Crippen LogP contribution in [-0.4, -0.2) is 24.2 Å². The van der Waals surface area contributed by atoms with Crippen LogP contribution in [0.4, 0.5) is 0 Å². The molecule has 66 valence electrons. The lowest BCUT2D eigenvalue weighted by Crippen LogP contribution is -2.27. The quantitative estimate of drug-likeness (QED) is 0.575. The number of aliphatic hydroxyl groups is 1. The highest BCUT2D eigenvalue weighted by molar-refractivity contribution is 5.76. The fraction of sp³-hybridized carbons (Fsp3) is 0.875. The largest absolute Gasteiger partial charge is 0.387 e. The Morgan fingerprint density at radius 2 is 2.18 bits per heavy atom. The van der Waals surface area contributed by atoms with Crippen molar-refractivity contribution in [3.8, 4) is 0 Å². The van der Waals surface area contributed by atoms with Crippen molar-refractivity contribution in [3.05, 3.63) is 0 Å². The third-order valence-electron chi connectivity index (χ3n) is 1.42. The van der Waals surface area contributed by atoms with Crippen molar-refractivity contribution < 1.29 is 9.90 Å². The lowest BCUT2D eigenvalue weighted by molar-refractivity contribution is -0.123. The predicted molar refractivity (Wildman–Crippen MR) is 44.2 cm³/mol. The lowest BCUT2D eigenvalue weighted by Gasteiger charge is -2.04. The molecule has 0 aromatic carbocycles. The van der Waals surface area contributed by atoms with Crippen LogP contribution in [0.15, 0.2) is 0 Å². The minimum atomic E-state index is -0.401. The van der Waals surface area contributed by atoms with E-state index in [9.17, 15) is 4.79 Å². The molecule has 0 aliphatic heterocycles. The summed E-state index contributed by atoms with van der Waals surface area (Å²) < 4.78 is 0. The molecule has 11 heavy (non-hydrogen) atoms. The predicted octanol–water partition coefficient (Wildman–Crippen LogP) is 0.531. The molecule has 0 atom stereocenters. The molecule has 0 spiro atoms. The summed E-state index contributed by atoms with van der Waals surface area (Å²) in [6, 6.07) is 0. The van der Waals surface area contributed by atoms with Gasteiger partial charge in [-0.3, -0.25) is 4.79 Å².